The average Bonchev–Trinajstić information content (AvgIpc) is 3.58. The van der Waals surface area contributed by atoms with E-state index in [0.29, 0.717) is 31.5 Å². The summed E-state index contributed by atoms with van der Waals surface area (Å²) in [5, 5.41) is 7.24. The largest absolute Gasteiger partial charge is 0.356 e. The number of nitrogens with zero attached hydrogens (tertiary/aromatic N) is 3. The maximum atomic E-state index is 13.6. The van der Waals surface area contributed by atoms with E-state index in [9.17, 15) is 9.59 Å². The number of allylic oxidation sites excluding steroid dienone is 2. The van der Waals surface area contributed by atoms with Gasteiger partial charge in [-0.3, -0.25) is 9.59 Å². The summed E-state index contributed by atoms with van der Waals surface area (Å²) in [7, 11) is 0. The Morgan fingerprint density at radius 3 is 2.57 bits per heavy atom. The number of aromatic nitrogens is 2. The molecule has 1 aliphatic heterocycles. The fraction of sp³-hybridized carbons (Fsp3) is 0.556. The molecule has 2 aromatic rings. The molecule has 4 unspecified atom stereocenters. The molecule has 5 rings (SSSR count). The van der Waals surface area contributed by atoms with Gasteiger partial charge in [-0.15, -0.1) is 11.3 Å². The third-order valence-corrected chi connectivity index (χ3v) is 8.41. The van der Waals surface area contributed by atoms with Crippen LogP contribution in [0.2, 0.25) is 0 Å². The van der Waals surface area contributed by atoms with Crippen LogP contribution in [0.15, 0.2) is 36.5 Å². The van der Waals surface area contributed by atoms with Crippen molar-refractivity contribution < 1.29 is 9.59 Å². The smallest absolute Gasteiger partial charge is 0.227 e. The van der Waals surface area contributed by atoms with Gasteiger partial charge >= 0.3 is 0 Å². The number of thiazole rings is 1. The van der Waals surface area contributed by atoms with Crippen molar-refractivity contribution in [1.82, 2.24) is 20.2 Å². The molecule has 1 saturated carbocycles. The van der Waals surface area contributed by atoms with Gasteiger partial charge in [0.15, 0.2) is 5.13 Å². The Kier molecular flexibility index (Phi) is 6.91. The lowest BCUT2D eigenvalue weighted by Crippen LogP contribution is -2.48. The number of anilines is 2. The van der Waals surface area contributed by atoms with Gasteiger partial charge in [-0.2, -0.15) is 0 Å². The maximum Gasteiger partial charge on any atom is 0.227 e. The van der Waals surface area contributed by atoms with Gasteiger partial charge in [0.2, 0.25) is 11.8 Å². The van der Waals surface area contributed by atoms with Gasteiger partial charge in [0.1, 0.15) is 5.82 Å². The number of carbonyl (C=O) groups excluding carboxylic acids is 2. The SMILES string of the molecule is Cc1cnc(Nc2cccc(C3CCN(C(=O)C4C5C=CC(C5)C4C(=O)NCC(C)C)CC3)n2)s1. The zero-order chi connectivity index (χ0) is 24.5. The molecule has 3 heterocycles. The summed E-state index contributed by atoms with van der Waals surface area (Å²) in [5.41, 5.74) is 1.06. The number of hydrogen-bond acceptors (Lipinski definition) is 6. The lowest BCUT2D eigenvalue weighted by atomic mass is 9.80. The van der Waals surface area contributed by atoms with Crippen LogP contribution in [0.3, 0.4) is 0 Å². The predicted molar refractivity (Wildman–Crippen MR) is 138 cm³/mol. The van der Waals surface area contributed by atoms with Crippen molar-refractivity contribution >= 4 is 34.1 Å². The van der Waals surface area contributed by atoms with Crippen LogP contribution in [0.25, 0.3) is 0 Å². The number of rotatable bonds is 7. The van der Waals surface area contributed by atoms with Crippen LogP contribution in [-0.2, 0) is 9.59 Å². The van der Waals surface area contributed by atoms with Gasteiger partial charge in [0.25, 0.3) is 0 Å². The Hall–Kier alpha value is -2.74. The number of fused-ring (bicyclic) bond motifs is 2. The molecule has 2 amide bonds. The summed E-state index contributed by atoms with van der Waals surface area (Å²) in [6.45, 7) is 8.31. The van der Waals surface area contributed by atoms with E-state index in [4.69, 9.17) is 4.98 Å². The third-order valence-electron chi connectivity index (χ3n) is 7.58. The summed E-state index contributed by atoms with van der Waals surface area (Å²) in [6.07, 6.45) is 8.88. The van der Waals surface area contributed by atoms with Gasteiger partial charge in [-0.05, 0) is 56.1 Å². The molecule has 7 nitrogen and oxygen atoms in total. The molecule has 2 N–H and O–H groups in total. The van der Waals surface area contributed by atoms with Crippen LogP contribution in [0.4, 0.5) is 10.9 Å². The second kappa shape index (κ2) is 10.1. The zero-order valence-corrected chi connectivity index (χ0v) is 21.6. The topological polar surface area (TPSA) is 87.2 Å². The third kappa shape index (κ3) is 5.13. The number of likely N-dealkylation sites (tertiary alicyclic amines) is 1. The normalized spacial score (nSPS) is 25.9. The first-order chi connectivity index (χ1) is 16.9. The number of aryl methyl sites for hydroxylation is 1. The van der Waals surface area contributed by atoms with E-state index in [-0.39, 0.29) is 35.5 Å². The van der Waals surface area contributed by atoms with Crippen LogP contribution in [-0.4, -0.2) is 46.3 Å². The van der Waals surface area contributed by atoms with Crippen molar-refractivity contribution in [3.63, 3.8) is 0 Å². The van der Waals surface area contributed by atoms with E-state index in [1.165, 1.54) is 0 Å². The number of nitrogens with one attached hydrogen (secondary N) is 2. The minimum absolute atomic E-state index is 0.0488. The minimum atomic E-state index is -0.229. The molecule has 3 aliphatic rings. The van der Waals surface area contributed by atoms with E-state index in [0.717, 1.165) is 40.8 Å². The Morgan fingerprint density at radius 2 is 1.89 bits per heavy atom. The standard InChI is InChI=1S/C27H35N5O2S/c1-16(2)14-28-25(33)23-19-7-8-20(13-19)24(23)26(34)32-11-9-18(10-12-32)21-5-4-6-22(30-21)31-27-29-15-17(3)35-27/h4-8,15-16,18-20,23-24H,9-14H2,1-3H3,(H,28,33)(H,29,30,31). The summed E-state index contributed by atoms with van der Waals surface area (Å²) in [5.74, 6) is 1.67. The first kappa shape index (κ1) is 24.0. The molecular weight excluding hydrogens is 458 g/mol. The summed E-state index contributed by atoms with van der Waals surface area (Å²) >= 11 is 1.61. The molecule has 2 aliphatic carbocycles. The average molecular weight is 494 g/mol. The van der Waals surface area contributed by atoms with E-state index in [2.05, 4.69) is 47.7 Å². The lowest BCUT2D eigenvalue weighted by Gasteiger charge is -2.36. The lowest BCUT2D eigenvalue weighted by molar-refractivity contribution is -0.143. The number of piperidine rings is 1. The number of carbonyl (C=O) groups is 2. The molecule has 186 valence electrons. The summed E-state index contributed by atoms with van der Waals surface area (Å²) in [4.78, 5) is 39.0. The molecule has 2 bridgehead atoms. The summed E-state index contributed by atoms with van der Waals surface area (Å²) < 4.78 is 0. The molecule has 0 aromatic carbocycles. The molecule has 1 saturated heterocycles. The molecule has 0 radical (unpaired) electrons. The highest BCUT2D eigenvalue weighted by Crippen LogP contribution is 2.49. The van der Waals surface area contributed by atoms with E-state index < -0.39 is 0 Å². The Labute approximate surface area is 211 Å². The Balaban J connectivity index is 1.21. The number of hydrogen-bond donors (Lipinski definition) is 2. The molecular formula is C27H35N5O2S. The molecule has 4 atom stereocenters. The van der Waals surface area contributed by atoms with Crippen LogP contribution >= 0.6 is 11.3 Å². The molecule has 8 heteroatoms. The van der Waals surface area contributed by atoms with E-state index in [1.54, 1.807) is 11.3 Å². The minimum Gasteiger partial charge on any atom is -0.356 e. The molecule has 35 heavy (non-hydrogen) atoms. The van der Waals surface area contributed by atoms with E-state index in [1.807, 2.05) is 30.2 Å². The van der Waals surface area contributed by atoms with E-state index >= 15 is 0 Å². The van der Waals surface area contributed by atoms with Gasteiger partial charge in [-0.1, -0.05) is 32.1 Å². The number of amides is 2. The van der Waals surface area contributed by atoms with Crippen LogP contribution < -0.4 is 10.6 Å². The molecule has 2 fully saturated rings. The summed E-state index contributed by atoms with van der Waals surface area (Å²) in [6, 6.07) is 6.08. The maximum absolute atomic E-state index is 13.6. The van der Waals surface area contributed by atoms with Crippen LogP contribution in [0, 0.1) is 36.5 Å². The first-order valence-corrected chi connectivity index (χ1v) is 13.6. The first-order valence-electron chi connectivity index (χ1n) is 12.8. The Morgan fingerprint density at radius 1 is 1.14 bits per heavy atom. The fourth-order valence-corrected chi connectivity index (χ4v) is 6.49. The molecule has 0 spiro atoms. The van der Waals surface area contributed by atoms with Crippen LogP contribution in [0.1, 0.15) is 49.6 Å². The monoisotopic (exact) mass is 493 g/mol. The highest BCUT2D eigenvalue weighted by molar-refractivity contribution is 7.15. The zero-order valence-electron chi connectivity index (χ0n) is 20.7. The van der Waals surface area contributed by atoms with Crippen molar-refractivity contribution in [1.29, 1.82) is 0 Å². The Bertz CT molecular complexity index is 1100. The second-order valence-electron chi connectivity index (χ2n) is 10.6. The van der Waals surface area contributed by atoms with Gasteiger partial charge in [0, 0.05) is 42.3 Å². The van der Waals surface area contributed by atoms with Gasteiger partial charge < -0.3 is 15.5 Å². The number of pyridine rings is 1. The predicted octanol–water partition coefficient (Wildman–Crippen LogP) is 4.51. The van der Waals surface area contributed by atoms with Crippen molar-refractivity contribution in [3.8, 4) is 0 Å². The fourth-order valence-electron chi connectivity index (χ4n) is 5.82. The second-order valence-corrected chi connectivity index (χ2v) is 11.8. The van der Waals surface area contributed by atoms with Crippen LogP contribution in [0.5, 0.6) is 0 Å². The van der Waals surface area contributed by atoms with Gasteiger partial charge in [-0.25, -0.2) is 9.97 Å². The van der Waals surface area contributed by atoms with Crippen molar-refractivity contribution in [2.75, 3.05) is 25.0 Å². The highest BCUT2D eigenvalue weighted by Gasteiger charge is 2.52. The molecule has 2 aromatic heterocycles. The van der Waals surface area contributed by atoms with Gasteiger partial charge in [0.05, 0.1) is 11.8 Å². The van der Waals surface area contributed by atoms with Crippen molar-refractivity contribution in [2.45, 2.75) is 46.0 Å². The van der Waals surface area contributed by atoms with Crippen molar-refractivity contribution in [3.05, 3.63) is 47.1 Å². The highest BCUT2D eigenvalue weighted by atomic mass is 32.1. The quantitative estimate of drug-likeness (QED) is 0.555. The van der Waals surface area contributed by atoms with Crippen molar-refractivity contribution in [2.24, 2.45) is 29.6 Å².